The first kappa shape index (κ1) is 16.9. The number of thioether (sulfide) groups is 1. The van der Waals surface area contributed by atoms with Crippen LogP contribution in [0.15, 0.2) is 5.16 Å². The summed E-state index contributed by atoms with van der Waals surface area (Å²) in [5.41, 5.74) is 7.79. The number of primary amides is 1. The van der Waals surface area contributed by atoms with Crippen LogP contribution in [0.5, 0.6) is 0 Å². The van der Waals surface area contributed by atoms with E-state index in [-0.39, 0.29) is 11.9 Å². The topological polar surface area (TPSA) is 80.9 Å². The standard InChI is InChI=1S/C14H24N4OS/c1-8(2)18-14(6,12(15)19)7-20-13-16-10(4)9(3)11(5)17-13/h8,18H,7H2,1-6H3,(H2,15,19). The van der Waals surface area contributed by atoms with Gasteiger partial charge in [-0.1, -0.05) is 11.8 Å². The Kier molecular flexibility index (Phi) is 5.53. The summed E-state index contributed by atoms with van der Waals surface area (Å²) in [6.07, 6.45) is 0. The van der Waals surface area contributed by atoms with Crippen LogP contribution in [-0.4, -0.2) is 33.2 Å². The lowest BCUT2D eigenvalue weighted by molar-refractivity contribution is -0.123. The van der Waals surface area contributed by atoms with E-state index < -0.39 is 5.54 Å². The number of amides is 1. The molecule has 112 valence electrons. The van der Waals surface area contributed by atoms with E-state index in [2.05, 4.69) is 15.3 Å². The number of nitrogens with one attached hydrogen (secondary N) is 1. The third kappa shape index (κ3) is 4.18. The van der Waals surface area contributed by atoms with Crippen molar-refractivity contribution in [2.24, 2.45) is 5.73 Å². The first-order chi connectivity index (χ1) is 9.15. The average molecular weight is 296 g/mol. The van der Waals surface area contributed by atoms with Crippen molar-refractivity contribution in [2.75, 3.05) is 5.75 Å². The molecule has 1 amide bonds. The molecule has 1 unspecified atom stereocenters. The van der Waals surface area contributed by atoms with E-state index in [1.165, 1.54) is 11.8 Å². The van der Waals surface area contributed by atoms with Gasteiger partial charge in [0.15, 0.2) is 5.16 Å². The second-order valence-electron chi connectivity index (χ2n) is 5.59. The third-order valence-corrected chi connectivity index (χ3v) is 4.42. The number of aromatic nitrogens is 2. The molecule has 0 aliphatic rings. The van der Waals surface area contributed by atoms with E-state index in [9.17, 15) is 4.79 Å². The van der Waals surface area contributed by atoms with Crippen LogP contribution in [0, 0.1) is 20.8 Å². The van der Waals surface area contributed by atoms with Crippen molar-refractivity contribution in [1.29, 1.82) is 0 Å². The van der Waals surface area contributed by atoms with Crippen LogP contribution in [0.3, 0.4) is 0 Å². The van der Waals surface area contributed by atoms with E-state index >= 15 is 0 Å². The quantitative estimate of drug-likeness (QED) is 0.617. The van der Waals surface area contributed by atoms with E-state index in [1.54, 1.807) is 0 Å². The first-order valence-electron chi connectivity index (χ1n) is 6.68. The van der Waals surface area contributed by atoms with Gasteiger partial charge in [-0.25, -0.2) is 9.97 Å². The largest absolute Gasteiger partial charge is 0.368 e. The Hall–Kier alpha value is -1.14. The molecule has 0 aliphatic carbocycles. The van der Waals surface area contributed by atoms with Gasteiger partial charge in [-0.3, -0.25) is 4.79 Å². The number of carbonyl (C=O) groups is 1. The highest BCUT2D eigenvalue weighted by Crippen LogP contribution is 2.22. The molecule has 0 radical (unpaired) electrons. The van der Waals surface area contributed by atoms with Crippen LogP contribution in [0.25, 0.3) is 0 Å². The minimum Gasteiger partial charge on any atom is -0.368 e. The number of hydrogen-bond donors (Lipinski definition) is 2. The fourth-order valence-corrected chi connectivity index (χ4v) is 2.88. The van der Waals surface area contributed by atoms with Crippen LogP contribution in [0.4, 0.5) is 0 Å². The lowest BCUT2D eigenvalue weighted by Crippen LogP contribution is -2.57. The summed E-state index contributed by atoms with van der Waals surface area (Å²) >= 11 is 1.45. The van der Waals surface area contributed by atoms with Gasteiger partial charge in [0.2, 0.25) is 5.91 Å². The zero-order valence-electron chi connectivity index (χ0n) is 13.1. The van der Waals surface area contributed by atoms with Crippen LogP contribution < -0.4 is 11.1 Å². The van der Waals surface area contributed by atoms with Crippen molar-refractivity contribution in [2.45, 2.75) is 58.3 Å². The van der Waals surface area contributed by atoms with Crippen LogP contribution in [0.1, 0.15) is 37.7 Å². The maximum atomic E-state index is 11.7. The Morgan fingerprint density at radius 1 is 1.30 bits per heavy atom. The number of nitrogens with zero attached hydrogens (tertiary/aromatic N) is 2. The summed E-state index contributed by atoms with van der Waals surface area (Å²) in [6, 6.07) is 0.176. The summed E-state index contributed by atoms with van der Waals surface area (Å²) in [7, 11) is 0. The van der Waals surface area contributed by atoms with E-state index in [0.29, 0.717) is 10.9 Å². The molecule has 5 nitrogen and oxygen atoms in total. The van der Waals surface area contributed by atoms with Gasteiger partial charge in [0.05, 0.1) is 0 Å². The molecule has 0 spiro atoms. The average Bonchev–Trinajstić information content (AvgIpc) is 2.32. The number of aryl methyl sites for hydroxylation is 2. The van der Waals surface area contributed by atoms with Crippen LogP contribution in [0.2, 0.25) is 0 Å². The number of carbonyl (C=O) groups excluding carboxylic acids is 1. The fourth-order valence-electron chi connectivity index (χ4n) is 1.84. The highest BCUT2D eigenvalue weighted by atomic mass is 32.2. The van der Waals surface area contributed by atoms with Crippen molar-refractivity contribution < 1.29 is 4.79 Å². The molecule has 0 aliphatic heterocycles. The maximum Gasteiger partial charge on any atom is 0.238 e. The van der Waals surface area contributed by atoms with Crippen LogP contribution in [-0.2, 0) is 4.79 Å². The molecule has 0 fully saturated rings. The zero-order valence-corrected chi connectivity index (χ0v) is 13.9. The molecular formula is C14H24N4OS. The molecule has 3 N–H and O–H groups in total. The lowest BCUT2D eigenvalue weighted by atomic mass is 10.0. The maximum absolute atomic E-state index is 11.7. The highest BCUT2D eigenvalue weighted by Gasteiger charge is 2.32. The molecular weight excluding hydrogens is 272 g/mol. The fraction of sp³-hybridized carbons (Fsp3) is 0.643. The molecule has 1 heterocycles. The van der Waals surface area contributed by atoms with Crippen molar-refractivity contribution in [3.63, 3.8) is 0 Å². The Labute approximate surface area is 125 Å². The normalized spacial score (nSPS) is 14.3. The molecule has 1 aromatic rings. The lowest BCUT2D eigenvalue weighted by Gasteiger charge is -2.29. The van der Waals surface area contributed by atoms with Gasteiger partial charge >= 0.3 is 0 Å². The molecule has 0 aromatic carbocycles. The molecule has 20 heavy (non-hydrogen) atoms. The smallest absolute Gasteiger partial charge is 0.238 e. The molecule has 1 rings (SSSR count). The van der Waals surface area contributed by atoms with Gasteiger partial charge < -0.3 is 11.1 Å². The minimum atomic E-state index is -0.769. The molecule has 1 aromatic heterocycles. The van der Waals surface area contributed by atoms with Crippen molar-refractivity contribution >= 4 is 17.7 Å². The van der Waals surface area contributed by atoms with Gasteiger partial charge in [-0.15, -0.1) is 0 Å². The summed E-state index contributed by atoms with van der Waals surface area (Å²) in [4.78, 5) is 20.6. The monoisotopic (exact) mass is 296 g/mol. The third-order valence-electron chi connectivity index (χ3n) is 3.25. The Balaban J connectivity index is 2.86. The zero-order chi connectivity index (χ0) is 15.5. The number of hydrogen-bond acceptors (Lipinski definition) is 5. The number of rotatable bonds is 6. The SMILES string of the molecule is Cc1nc(SCC(C)(NC(C)C)C(N)=O)nc(C)c1C. The predicted octanol–water partition coefficient (Wildman–Crippen LogP) is 1.74. The highest BCUT2D eigenvalue weighted by molar-refractivity contribution is 7.99. The summed E-state index contributed by atoms with van der Waals surface area (Å²) in [5, 5.41) is 3.90. The summed E-state index contributed by atoms with van der Waals surface area (Å²) in [6.45, 7) is 11.7. The molecule has 0 saturated carbocycles. The molecule has 0 bridgehead atoms. The van der Waals surface area contributed by atoms with Gasteiger partial charge in [-0.2, -0.15) is 0 Å². The summed E-state index contributed by atoms with van der Waals surface area (Å²) < 4.78 is 0. The van der Waals surface area contributed by atoms with Gasteiger partial charge in [0.25, 0.3) is 0 Å². The van der Waals surface area contributed by atoms with E-state index in [4.69, 9.17) is 5.73 Å². The van der Waals surface area contributed by atoms with E-state index in [0.717, 1.165) is 17.0 Å². The van der Waals surface area contributed by atoms with Crippen molar-refractivity contribution in [3.8, 4) is 0 Å². The Morgan fingerprint density at radius 2 is 1.80 bits per heavy atom. The Bertz CT molecular complexity index is 481. The second-order valence-corrected chi connectivity index (χ2v) is 6.53. The first-order valence-corrected chi connectivity index (χ1v) is 7.66. The van der Waals surface area contributed by atoms with Crippen molar-refractivity contribution in [3.05, 3.63) is 17.0 Å². The van der Waals surface area contributed by atoms with Gasteiger partial charge in [-0.05, 0) is 47.1 Å². The van der Waals surface area contributed by atoms with Crippen LogP contribution >= 0.6 is 11.8 Å². The molecule has 0 saturated heterocycles. The van der Waals surface area contributed by atoms with Gasteiger partial charge in [0.1, 0.15) is 5.54 Å². The Morgan fingerprint density at radius 3 is 2.20 bits per heavy atom. The summed E-state index contributed by atoms with van der Waals surface area (Å²) in [5.74, 6) is 0.141. The molecule has 6 heteroatoms. The van der Waals surface area contributed by atoms with Crippen molar-refractivity contribution in [1.82, 2.24) is 15.3 Å². The minimum absolute atomic E-state index is 0.176. The number of nitrogens with two attached hydrogens (primary N) is 1. The second kappa shape index (κ2) is 6.54. The predicted molar refractivity (Wildman–Crippen MR) is 82.8 cm³/mol. The van der Waals surface area contributed by atoms with Gasteiger partial charge in [0, 0.05) is 23.2 Å². The molecule has 1 atom stereocenters. The van der Waals surface area contributed by atoms with E-state index in [1.807, 2.05) is 41.5 Å².